The predicted molar refractivity (Wildman–Crippen MR) is 53.9 cm³/mol. The van der Waals surface area contributed by atoms with Crippen LogP contribution in [-0.2, 0) is 4.74 Å². The summed E-state index contributed by atoms with van der Waals surface area (Å²) in [6.45, 7) is 3.19. The molecule has 1 aliphatic rings. The number of nitrogens with two attached hydrogens (primary N) is 1. The summed E-state index contributed by atoms with van der Waals surface area (Å²) in [5.41, 5.74) is 5.53. The average molecular weight is 247 g/mol. The van der Waals surface area contributed by atoms with Crippen molar-refractivity contribution in [2.75, 3.05) is 36.9 Å². The van der Waals surface area contributed by atoms with E-state index in [-0.39, 0.29) is 0 Å². The van der Waals surface area contributed by atoms with Gasteiger partial charge in [0.2, 0.25) is 5.88 Å². The van der Waals surface area contributed by atoms with E-state index in [4.69, 9.17) is 14.9 Å². The molecule has 72 valence electrons. The molecule has 0 saturated carbocycles. The van der Waals surface area contributed by atoms with E-state index in [9.17, 15) is 0 Å². The van der Waals surface area contributed by atoms with E-state index in [2.05, 4.69) is 20.8 Å². The fourth-order valence-corrected chi connectivity index (χ4v) is 1.92. The Labute approximate surface area is 84.8 Å². The van der Waals surface area contributed by atoms with Crippen LogP contribution >= 0.6 is 15.9 Å². The summed E-state index contributed by atoms with van der Waals surface area (Å²) >= 11 is 3.40. The minimum absolute atomic E-state index is 0.438. The average Bonchev–Trinajstić information content (AvgIpc) is 2.47. The highest BCUT2D eigenvalue weighted by Crippen LogP contribution is 2.31. The molecule has 5 heteroatoms. The molecule has 0 aromatic carbocycles. The summed E-state index contributed by atoms with van der Waals surface area (Å²) in [5.74, 6) is 1.24. The van der Waals surface area contributed by atoms with Crippen LogP contribution in [0.1, 0.15) is 0 Å². The van der Waals surface area contributed by atoms with Gasteiger partial charge in [0.1, 0.15) is 0 Å². The Morgan fingerprint density at radius 2 is 2.08 bits per heavy atom. The van der Waals surface area contributed by atoms with E-state index in [0.29, 0.717) is 5.88 Å². The van der Waals surface area contributed by atoms with E-state index in [1.54, 1.807) is 6.07 Å². The van der Waals surface area contributed by atoms with Gasteiger partial charge >= 0.3 is 0 Å². The van der Waals surface area contributed by atoms with Crippen molar-refractivity contribution in [1.82, 2.24) is 0 Å². The topological polar surface area (TPSA) is 51.6 Å². The third kappa shape index (κ3) is 1.81. The van der Waals surface area contributed by atoms with Crippen LogP contribution in [0.25, 0.3) is 0 Å². The number of rotatable bonds is 1. The second kappa shape index (κ2) is 3.59. The smallest absolute Gasteiger partial charge is 0.212 e. The monoisotopic (exact) mass is 246 g/mol. The van der Waals surface area contributed by atoms with E-state index in [1.807, 2.05) is 0 Å². The van der Waals surface area contributed by atoms with Crippen molar-refractivity contribution in [1.29, 1.82) is 0 Å². The first-order valence-electron chi connectivity index (χ1n) is 4.15. The van der Waals surface area contributed by atoms with Crippen molar-refractivity contribution in [3.8, 4) is 0 Å². The van der Waals surface area contributed by atoms with Gasteiger partial charge in [0.05, 0.1) is 17.7 Å². The lowest BCUT2D eigenvalue weighted by molar-refractivity contribution is 0.120. The van der Waals surface area contributed by atoms with Crippen LogP contribution in [0.3, 0.4) is 0 Å². The summed E-state index contributed by atoms with van der Waals surface area (Å²) in [4.78, 5) is 2.12. The molecular weight excluding hydrogens is 236 g/mol. The van der Waals surface area contributed by atoms with Gasteiger partial charge in [-0.1, -0.05) is 0 Å². The zero-order valence-corrected chi connectivity index (χ0v) is 8.71. The summed E-state index contributed by atoms with van der Waals surface area (Å²) in [5, 5.41) is 0. The van der Waals surface area contributed by atoms with Crippen molar-refractivity contribution in [2.45, 2.75) is 0 Å². The maximum atomic E-state index is 5.53. The molecule has 0 spiro atoms. The highest BCUT2D eigenvalue weighted by atomic mass is 79.9. The zero-order chi connectivity index (χ0) is 9.26. The third-order valence-electron chi connectivity index (χ3n) is 1.99. The number of ether oxygens (including phenoxy) is 1. The number of halogens is 1. The Bertz CT molecular complexity index is 294. The number of morpholine rings is 1. The molecule has 1 saturated heterocycles. The van der Waals surface area contributed by atoms with Crippen LogP contribution in [0, 0.1) is 0 Å². The van der Waals surface area contributed by atoms with Gasteiger partial charge in [0.15, 0.2) is 5.88 Å². The maximum absolute atomic E-state index is 5.53. The molecule has 2 heterocycles. The molecule has 13 heavy (non-hydrogen) atoms. The second-order valence-electron chi connectivity index (χ2n) is 2.90. The number of anilines is 2. The Morgan fingerprint density at radius 1 is 1.38 bits per heavy atom. The van der Waals surface area contributed by atoms with Crippen molar-refractivity contribution in [3.63, 3.8) is 0 Å². The largest absolute Gasteiger partial charge is 0.424 e. The lowest BCUT2D eigenvalue weighted by atomic mass is 10.4. The van der Waals surface area contributed by atoms with E-state index in [0.717, 1.165) is 36.7 Å². The van der Waals surface area contributed by atoms with Gasteiger partial charge in [-0.15, -0.1) is 0 Å². The second-order valence-corrected chi connectivity index (χ2v) is 3.76. The Hall–Kier alpha value is -0.680. The fourth-order valence-electron chi connectivity index (χ4n) is 1.36. The zero-order valence-electron chi connectivity index (χ0n) is 7.12. The first-order valence-corrected chi connectivity index (χ1v) is 4.94. The number of hydrogen-bond acceptors (Lipinski definition) is 4. The summed E-state index contributed by atoms with van der Waals surface area (Å²) in [7, 11) is 0. The molecule has 0 bridgehead atoms. The minimum atomic E-state index is 0.438. The number of nitrogens with zero attached hydrogens (tertiary/aromatic N) is 1. The van der Waals surface area contributed by atoms with Gasteiger partial charge in [0.25, 0.3) is 0 Å². The van der Waals surface area contributed by atoms with Gasteiger partial charge in [-0.2, -0.15) is 0 Å². The molecule has 0 unspecified atom stereocenters. The Kier molecular flexibility index (Phi) is 2.46. The minimum Gasteiger partial charge on any atom is -0.424 e. The van der Waals surface area contributed by atoms with Crippen LogP contribution in [0.5, 0.6) is 0 Å². The molecule has 2 rings (SSSR count). The van der Waals surface area contributed by atoms with Crippen LogP contribution < -0.4 is 10.6 Å². The van der Waals surface area contributed by atoms with Gasteiger partial charge < -0.3 is 19.8 Å². The highest BCUT2D eigenvalue weighted by Gasteiger charge is 2.17. The molecule has 1 aromatic heterocycles. The van der Waals surface area contributed by atoms with E-state index in [1.165, 1.54) is 0 Å². The molecule has 2 N–H and O–H groups in total. The quantitative estimate of drug-likeness (QED) is 0.816. The van der Waals surface area contributed by atoms with Crippen molar-refractivity contribution >= 4 is 27.7 Å². The highest BCUT2D eigenvalue weighted by molar-refractivity contribution is 9.10. The lowest BCUT2D eigenvalue weighted by Gasteiger charge is -2.26. The van der Waals surface area contributed by atoms with Crippen molar-refractivity contribution < 1.29 is 9.15 Å². The predicted octanol–water partition coefficient (Wildman–Crippen LogP) is 1.46. The van der Waals surface area contributed by atoms with Gasteiger partial charge in [-0.25, -0.2) is 0 Å². The van der Waals surface area contributed by atoms with Crippen LogP contribution in [0.2, 0.25) is 0 Å². The van der Waals surface area contributed by atoms with Crippen molar-refractivity contribution in [3.05, 3.63) is 10.5 Å². The Morgan fingerprint density at radius 3 is 2.62 bits per heavy atom. The molecule has 1 aliphatic heterocycles. The number of furan rings is 1. The summed E-state index contributed by atoms with van der Waals surface area (Å²) in [6.07, 6.45) is 0. The van der Waals surface area contributed by atoms with Gasteiger partial charge in [-0.05, 0) is 15.9 Å². The Balaban J connectivity index is 2.18. The molecule has 1 aromatic rings. The molecule has 0 amide bonds. The van der Waals surface area contributed by atoms with Crippen LogP contribution in [0.4, 0.5) is 11.8 Å². The molecule has 0 atom stereocenters. The van der Waals surface area contributed by atoms with Crippen molar-refractivity contribution in [2.24, 2.45) is 0 Å². The first-order chi connectivity index (χ1) is 6.27. The van der Waals surface area contributed by atoms with E-state index < -0.39 is 0 Å². The standard InChI is InChI=1S/C8H11BrN2O2/c9-6-5-7(10)13-8(6)11-1-3-12-4-2-11/h5H,1-4,10H2. The molecule has 0 radical (unpaired) electrons. The molecule has 0 aliphatic carbocycles. The molecular formula is C8H11BrN2O2. The normalized spacial score (nSPS) is 17.8. The number of hydrogen-bond donors (Lipinski definition) is 1. The van der Waals surface area contributed by atoms with Crippen LogP contribution in [0.15, 0.2) is 15.0 Å². The first kappa shape index (κ1) is 8.90. The van der Waals surface area contributed by atoms with Crippen LogP contribution in [-0.4, -0.2) is 26.3 Å². The SMILES string of the molecule is Nc1cc(Br)c(N2CCOCC2)o1. The molecule has 4 nitrogen and oxygen atoms in total. The van der Waals surface area contributed by atoms with Gasteiger partial charge in [-0.3, -0.25) is 0 Å². The van der Waals surface area contributed by atoms with E-state index >= 15 is 0 Å². The summed E-state index contributed by atoms with van der Waals surface area (Å²) in [6, 6.07) is 1.77. The summed E-state index contributed by atoms with van der Waals surface area (Å²) < 4.78 is 11.5. The number of nitrogen functional groups attached to an aromatic ring is 1. The van der Waals surface area contributed by atoms with Gasteiger partial charge in [0, 0.05) is 19.2 Å². The third-order valence-corrected chi connectivity index (χ3v) is 2.55. The molecule has 1 fully saturated rings. The fraction of sp³-hybridized carbons (Fsp3) is 0.500. The maximum Gasteiger partial charge on any atom is 0.212 e. The lowest BCUT2D eigenvalue weighted by Crippen LogP contribution is -2.36.